The van der Waals surface area contributed by atoms with Gasteiger partial charge in [-0.05, 0) is 67.6 Å². The van der Waals surface area contributed by atoms with E-state index in [4.69, 9.17) is 9.47 Å². The molecule has 0 heterocycles. The van der Waals surface area contributed by atoms with Gasteiger partial charge in [0.2, 0.25) is 0 Å². The third-order valence-electron chi connectivity index (χ3n) is 3.60. The van der Waals surface area contributed by atoms with Crippen molar-refractivity contribution in [2.24, 2.45) is 5.92 Å². The standard InChI is InChI=1S/C20H24O3/c1-14(2)11-12-22-18-9-7-17(8-10-18)20(21)23-19-13-15(3)5-6-16(19)4/h5-10,13-14H,11-12H2,1-4H3. The lowest BCUT2D eigenvalue weighted by Gasteiger charge is -2.10. The van der Waals surface area contributed by atoms with Gasteiger partial charge in [-0.25, -0.2) is 4.79 Å². The second-order valence-corrected chi connectivity index (χ2v) is 6.21. The van der Waals surface area contributed by atoms with Gasteiger partial charge < -0.3 is 9.47 Å². The van der Waals surface area contributed by atoms with Crippen LogP contribution in [0.15, 0.2) is 42.5 Å². The van der Waals surface area contributed by atoms with E-state index in [-0.39, 0.29) is 5.97 Å². The van der Waals surface area contributed by atoms with Gasteiger partial charge in [-0.3, -0.25) is 0 Å². The van der Waals surface area contributed by atoms with Crippen LogP contribution in [0.25, 0.3) is 0 Å². The molecule has 23 heavy (non-hydrogen) atoms. The minimum absolute atomic E-state index is 0.354. The Morgan fingerprint density at radius 3 is 2.39 bits per heavy atom. The Morgan fingerprint density at radius 1 is 1.04 bits per heavy atom. The fourth-order valence-electron chi connectivity index (χ4n) is 2.08. The predicted octanol–water partition coefficient (Wildman–Crippen LogP) is 4.95. The Hall–Kier alpha value is -2.29. The Bertz CT molecular complexity index is 657. The highest BCUT2D eigenvalue weighted by Crippen LogP contribution is 2.21. The Labute approximate surface area is 138 Å². The number of hydrogen-bond acceptors (Lipinski definition) is 3. The number of carbonyl (C=O) groups is 1. The Balaban J connectivity index is 1.98. The molecule has 0 amide bonds. The molecule has 122 valence electrons. The van der Waals surface area contributed by atoms with Gasteiger partial charge in [-0.15, -0.1) is 0 Å². The summed E-state index contributed by atoms with van der Waals surface area (Å²) in [6.07, 6.45) is 1.01. The maximum absolute atomic E-state index is 12.2. The summed E-state index contributed by atoms with van der Waals surface area (Å²) in [6, 6.07) is 12.9. The zero-order valence-corrected chi connectivity index (χ0v) is 14.3. The summed E-state index contributed by atoms with van der Waals surface area (Å²) in [5, 5.41) is 0. The number of ether oxygens (including phenoxy) is 2. The van der Waals surface area contributed by atoms with E-state index in [2.05, 4.69) is 13.8 Å². The summed E-state index contributed by atoms with van der Waals surface area (Å²) in [7, 11) is 0. The number of esters is 1. The van der Waals surface area contributed by atoms with Crippen molar-refractivity contribution in [1.29, 1.82) is 0 Å². The molecule has 0 unspecified atom stereocenters. The monoisotopic (exact) mass is 312 g/mol. The van der Waals surface area contributed by atoms with E-state index < -0.39 is 0 Å². The van der Waals surface area contributed by atoms with Crippen LogP contribution in [0.1, 0.15) is 41.8 Å². The van der Waals surface area contributed by atoms with Crippen molar-refractivity contribution >= 4 is 5.97 Å². The molecule has 2 aromatic carbocycles. The first-order valence-electron chi connectivity index (χ1n) is 7.98. The van der Waals surface area contributed by atoms with Crippen LogP contribution in [-0.4, -0.2) is 12.6 Å². The average Bonchev–Trinajstić information content (AvgIpc) is 2.51. The third kappa shape index (κ3) is 5.13. The summed E-state index contributed by atoms with van der Waals surface area (Å²) < 4.78 is 11.1. The number of benzene rings is 2. The van der Waals surface area contributed by atoms with Gasteiger partial charge in [-0.1, -0.05) is 26.0 Å². The molecule has 2 rings (SSSR count). The summed E-state index contributed by atoms with van der Waals surface area (Å²) in [5.41, 5.74) is 2.52. The molecule has 0 saturated carbocycles. The van der Waals surface area contributed by atoms with Crippen LogP contribution in [0.2, 0.25) is 0 Å². The molecule has 3 nitrogen and oxygen atoms in total. The van der Waals surface area contributed by atoms with Crippen LogP contribution < -0.4 is 9.47 Å². The van der Waals surface area contributed by atoms with Crippen LogP contribution in [0, 0.1) is 19.8 Å². The van der Waals surface area contributed by atoms with Crippen molar-refractivity contribution in [3.63, 3.8) is 0 Å². The first-order valence-corrected chi connectivity index (χ1v) is 7.98. The second-order valence-electron chi connectivity index (χ2n) is 6.21. The predicted molar refractivity (Wildman–Crippen MR) is 92.3 cm³/mol. The summed E-state index contributed by atoms with van der Waals surface area (Å²) in [4.78, 5) is 12.2. The zero-order chi connectivity index (χ0) is 16.8. The second kappa shape index (κ2) is 7.82. The quantitative estimate of drug-likeness (QED) is 0.559. The largest absolute Gasteiger partial charge is 0.494 e. The molecule has 0 aliphatic rings. The van der Waals surface area contributed by atoms with E-state index in [1.807, 2.05) is 32.0 Å². The van der Waals surface area contributed by atoms with Crippen LogP contribution in [0.3, 0.4) is 0 Å². The summed E-state index contributed by atoms with van der Waals surface area (Å²) >= 11 is 0. The van der Waals surface area contributed by atoms with Gasteiger partial charge in [0.15, 0.2) is 0 Å². The Kier molecular flexibility index (Phi) is 5.80. The Morgan fingerprint density at radius 2 is 1.74 bits per heavy atom. The minimum Gasteiger partial charge on any atom is -0.494 e. The highest BCUT2D eigenvalue weighted by atomic mass is 16.5. The lowest BCUT2D eigenvalue weighted by Crippen LogP contribution is -2.09. The van der Waals surface area contributed by atoms with Crippen molar-refractivity contribution in [3.05, 3.63) is 59.2 Å². The van der Waals surface area contributed by atoms with E-state index in [9.17, 15) is 4.79 Å². The van der Waals surface area contributed by atoms with Crippen LogP contribution in [0.5, 0.6) is 11.5 Å². The average molecular weight is 312 g/mol. The molecule has 0 radical (unpaired) electrons. The van der Waals surface area contributed by atoms with Crippen LogP contribution >= 0.6 is 0 Å². The molecule has 0 aliphatic carbocycles. The van der Waals surface area contributed by atoms with Gasteiger partial charge in [0.25, 0.3) is 0 Å². The number of aryl methyl sites for hydroxylation is 2. The molecule has 0 aliphatic heterocycles. The van der Waals surface area contributed by atoms with Gasteiger partial charge in [-0.2, -0.15) is 0 Å². The maximum atomic E-state index is 12.2. The maximum Gasteiger partial charge on any atom is 0.343 e. The van der Waals surface area contributed by atoms with E-state index in [1.54, 1.807) is 24.3 Å². The summed E-state index contributed by atoms with van der Waals surface area (Å²) in [6.45, 7) is 8.91. The minimum atomic E-state index is -0.354. The van der Waals surface area contributed by atoms with Gasteiger partial charge >= 0.3 is 5.97 Å². The highest BCUT2D eigenvalue weighted by Gasteiger charge is 2.10. The molecule has 0 saturated heterocycles. The van der Waals surface area contributed by atoms with Crippen LogP contribution in [-0.2, 0) is 0 Å². The molecule has 0 aromatic heterocycles. The first kappa shape index (κ1) is 17.1. The van der Waals surface area contributed by atoms with E-state index >= 15 is 0 Å². The third-order valence-corrected chi connectivity index (χ3v) is 3.60. The number of rotatable bonds is 6. The molecule has 0 atom stereocenters. The number of carbonyl (C=O) groups excluding carboxylic acids is 1. The molecule has 0 bridgehead atoms. The zero-order valence-electron chi connectivity index (χ0n) is 14.3. The molecule has 0 fully saturated rings. The van der Waals surface area contributed by atoms with Crippen molar-refractivity contribution in [2.45, 2.75) is 34.1 Å². The van der Waals surface area contributed by atoms with Gasteiger partial charge in [0.05, 0.1) is 12.2 Å². The van der Waals surface area contributed by atoms with Crippen LogP contribution in [0.4, 0.5) is 0 Å². The molecule has 0 spiro atoms. The lowest BCUT2D eigenvalue weighted by molar-refractivity contribution is 0.0733. The molecular weight excluding hydrogens is 288 g/mol. The summed E-state index contributed by atoms with van der Waals surface area (Å²) in [5.74, 6) is 1.63. The van der Waals surface area contributed by atoms with Crippen molar-refractivity contribution < 1.29 is 14.3 Å². The van der Waals surface area contributed by atoms with Gasteiger partial charge in [0, 0.05) is 0 Å². The number of hydrogen-bond donors (Lipinski definition) is 0. The van der Waals surface area contributed by atoms with Crippen molar-refractivity contribution in [3.8, 4) is 11.5 Å². The fraction of sp³-hybridized carbons (Fsp3) is 0.350. The topological polar surface area (TPSA) is 35.5 Å². The molecule has 3 heteroatoms. The molecule has 0 N–H and O–H groups in total. The van der Waals surface area contributed by atoms with Crippen molar-refractivity contribution in [1.82, 2.24) is 0 Å². The molecule has 2 aromatic rings. The molecular formula is C20H24O3. The highest BCUT2D eigenvalue weighted by molar-refractivity contribution is 5.91. The lowest BCUT2D eigenvalue weighted by atomic mass is 10.1. The normalized spacial score (nSPS) is 10.7. The van der Waals surface area contributed by atoms with E-state index in [1.165, 1.54) is 0 Å². The van der Waals surface area contributed by atoms with Crippen molar-refractivity contribution in [2.75, 3.05) is 6.61 Å². The van der Waals surface area contributed by atoms with E-state index in [0.717, 1.165) is 23.3 Å². The van der Waals surface area contributed by atoms with E-state index in [0.29, 0.717) is 23.8 Å². The smallest absolute Gasteiger partial charge is 0.343 e. The SMILES string of the molecule is Cc1ccc(C)c(OC(=O)c2ccc(OCCC(C)C)cc2)c1. The first-order chi connectivity index (χ1) is 11.0. The van der Waals surface area contributed by atoms with Gasteiger partial charge in [0.1, 0.15) is 11.5 Å². The fourth-order valence-corrected chi connectivity index (χ4v) is 2.08.